The smallest absolute Gasteiger partial charge is 0.224 e. The van der Waals surface area contributed by atoms with Crippen LogP contribution in [0.2, 0.25) is 0 Å². The summed E-state index contributed by atoms with van der Waals surface area (Å²) >= 11 is 0. The topological polar surface area (TPSA) is 79.9 Å². The maximum Gasteiger partial charge on any atom is 0.224 e. The molecule has 3 aromatic heterocycles. The lowest BCUT2D eigenvalue weighted by atomic mass is 10.0. The molecule has 0 spiro atoms. The van der Waals surface area contributed by atoms with Gasteiger partial charge in [0.25, 0.3) is 0 Å². The second kappa shape index (κ2) is 9.36. The van der Waals surface area contributed by atoms with E-state index >= 15 is 0 Å². The molecule has 162 valence electrons. The largest absolute Gasteiger partial charge is 0.457 e. The van der Waals surface area contributed by atoms with Crippen molar-refractivity contribution in [2.45, 2.75) is 13.0 Å². The summed E-state index contributed by atoms with van der Waals surface area (Å²) in [5.41, 5.74) is 4.46. The Labute approximate surface area is 191 Å². The maximum atomic E-state index is 12.6. The van der Waals surface area contributed by atoms with Crippen LogP contribution >= 0.6 is 0 Å². The molecule has 0 aliphatic heterocycles. The van der Waals surface area contributed by atoms with Crippen LogP contribution < -0.4 is 10.1 Å². The second-order valence-corrected chi connectivity index (χ2v) is 7.66. The van der Waals surface area contributed by atoms with Gasteiger partial charge >= 0.3 is 0 Å². The fraction of sp³-hybridized carbons (Fsp3) is 0.0741. The van der Waals surface area contributed by atoms with Crippen LogP contribution in [0.25, 0.3) is 22.2 Å². The highest BCUT2D eigenvalue weighted by Crippen LogP contribution is 2.34. The number of hydrogen-bond acceptors (Lipinski definition) is 4. The van der Waals surface area contributed by atoms with Gasteiger partial charge in [-0.05, 0) is 41.5 Å². The van der Waals surface area contributed by atoms with Crippen LogP contribution in [-0.4, -0.2) is 20.9 Å². The number of hydrogen-bond donors (Lipinski definition) is 2. The molecule has 2 aromatic carbocycles. The first-order valence-corrected chi connectivity index (χ1v) is 10.7. The van der Waals surface area contributed by atoms with Crippen molar-refractivity contribution in [3.8, 4) is 22.6 Å². The molecule has 6 nitrogen and oxygen atoms in total. The number of aromatic amines is 1. The molecule has 0 aliphatic rings. The Morgan fingerprint density at radius 2 is 1.82 bits per heavy atom. The van der Waals surface area contributed by atoms with Crippen molar-refractivity contribution in [3.05, 3.63) is 109 Å². The average molecular weight is 434 g/mol. The summed E-state index contributed by atoms with van der Waals surface area (Å²) in [5.74, 6) is 1.46. The number of benzene rings is 2. The first kappa shape index (κ1) is 20.5. The van der Waals surface area contributed by atoms with Gasteiger partial charge in [0.15, 0.2) is 0 Å². The van der Waals surface area contributed by atoms with E-state index in [0.717, 1.165) is 44.8 Å². The zero-order chi connectivity index (χ0) is 22.5. The van der Waals surface area contributed by atoms with E-state index in [1.54, 1.807) is 12.4 Å². The van der Waals surface area contributed by atoms with Crippen LogP contribution in [0.15, 0.2) is 97.6 Å². The van der Waals surface area contributed by atoms with E-state index in [0.29, 0.717) is 6.54 Å². The van der Waals surface area contributed by atoms with E-state index in [1.165, 1.54) is 0 Å². The van der Waals surface area contributed by atoms with Gasteiger partial charge in [0.2, 0.25) is 5.91 Å². The van der Waals surface area contributed by atoms with Crippen molar-refractivity contribution in [2.24, 2.45) is 0 Å². The predicted octanol–water partition coefficient (Wildman–Crippen LogP) is 5.28. The SMILES string of the molecule is O=C(Cc1c[nH]c2ncc(-c3ccccc3Oc3ccccc3)cc12)NCc1cccnc1. The number of rotatable bonds is 7. The second-order valence-electron chi connectivity index (χ2n) is 7.66. The Bertz CT molecular complexity index is 1380. The van der Waals surface area contributed by atoms with E-state index < -0.39 is 0 Å². The molecule has 0 bridgehead atoms. The van der Waals surface area contributed by atoms with E-state index in [1.807, 2.05) is 79.1 Å². The lowest BCUT2D eigenvalue weighted by Gasteiger charge is -2.11. The lowest BCUT2D eigenvalue weighted by Crippen LogP contribution is -2.24. The number of carbonyl (C=O) groups excluding carboxylic acids is 1. The molecule has 33 heavy (non-hydrogen) atoms. The molecule has 1 amide bonds. The first-order valence-electron chi connectivity index (χ1n) is 10.7. The van der Waals surface area contributed by atoms with Crippen molar-refractivity contribution in [3.63, 3.8) is 0 Å². The summed E-state index contributed by atoms with van der Waals surface area (Å²) in [7, 11) is 0. The summed E-state index contributed by atoms with van der Waals surface area (Å²) in [5, 5.41) is 3.87. The van der Waals surface area contributed by atoms with Gasteiger partial charge in [-0.2, -0.15) is 0 Å². The molecule has 0 saturated carbocycles. The number of pyridine rings is 2. The first-order chi connectivity index (χ1) is 16.3. The van der Waals surface area contributed by atoms with E-state index in [-0.39, 0.29) is 12.3 Å². The number of nitrogens with one attached hydrogen (secondary N) is 2. The quantitative estimate of drug-likeness (QED) is 0.365. The average Bonchev–Trinajstić information content (AvgIpc) is 3.26. The monoisotopic (exact) mass is 434 g/mol. The number of amides is 1. The lowest BCUT2D eigenvalue weighted by molar-refractivity contribution is -0.120. The van der Waals surface area contributed by atoms with Crippen molar-refractivity contribution >= 4 is 16.9 Å². The number of para-hydroxylation sites is 2. The van der Waals surface area contributed by atoms with Gasteiger partial charge in [-0.15, -0.1) is 0 Å². The summed E-state index contributed by atoms with van der Waals surface area (Å²) < 4.78 is 6.12. The molecular weight excluding hydrogens is 412 g/mol. The number of ether oxygens (including phenoxy) is 1. The Hall–Kier alpha value is -4.45. The fourth-order valence-corrected chi connectivity index (χ4v) is 3.70. The summed E-state index contributed by atoms with van der Waals surface area (Å²) in [6, 6.07) is 23.4. The number of carbonyl (C=O) groups is 1. The third kappa shape index (κ3) is 4.75. The van der Waals surface area contributed by atoms with E-state index in [4.69, 9.17) is 4.74 Å². The van der Waals surface area contributed by atoms with Crippen LogP contribution in [0.4, 0.5) is 0 Å². The van der Waals surface area contributed by atoms with E-state index in [9.17, 15) is 4.79 Å². The molecule has 3 heterocycles. The van der Waals surface area contributed by atoms with Crippen LogP contribution in [0, 0.1) is 0 Å². The van der Waals surface area contributed by atoms with Crippen LogP contribution in [0.1, 0.15) is 11.1 Å². The van der Waals surface area contributed by atoms with Crippen LogP contribution in [0.3, 0.4) is 0 Å². The van der Waals surface area contributed by atoms with E-state index in [2.05, 4.69) is 26.3 Å². The normalized spacial score (nSPS) is 10.8. The van der Waals surface area contributed by atoms with Gasteiger partial charge in [-0.3, -0.25) is 9.78 Å². The molecule has 0 aliphatic carbocycles. The molecule has 0 radical (unpaired) electrons. The van der Waals surface area contributed by atoms with Crippen LogP contribution in [-0.2, 0) is 17.8 Å². The van der Waals surface area contributed by atoms with Crippen molar-refractivity contribution in [1.82, 2.24) is 20.3 Å². The number of aromatic nitrogens is 3. The molecule has 0 unspecified atom stereocenters. The third-order valence-electron chi connectivity index (χ3n) is 5.35. The molecule has 0 saturated heterocycles. The Kier molecular flexibility index (Phi) is 5.80. The molecule has 5 aromatic rings. The molecule has 5 rings (SSSR count). The summed E-state index contributed by atoms with van der Waals surface area (Å²) in [6.07, 6.45) is 7.38. The van der Waals surface area contributed by atoms with Crippen molar-refractivity contribution < 1.29 is 9.53 Å². The zero-order valence-electron chi connectivity index (χ0n) is 17.9. The number of nitrogens with zero attached hydrogens (tertiary/aromatic N) is 2. The van der Waals surface area contributed by atoms with Gasteiger partial charge in [0, 0.05) is 47.8 Å². The van der Waals surface area contributed by atoms with Crippen molar-refractivity contribution in [1.29, 1.82) is 0 Å². The minimum atomic E-state index is -0.0574. The fourth-order valence-electron chi connectivity index (χ4n) is 3.70. The van der Waals surface area contributed by atoms with Gasteiger partial charge in [-0.25, -0.2) is 4.98 Å². The summed E-state index contributed by atoms with van der Waals surface area (Å²) in [6.45, 7) is 0.447. The van der Waals surface area contributed by atoms with Gasteiger partial charge in [-0.1, -0.05) is 42.5 Å². The standard InChI is InChI=1S/C27H22N4O2/c32-26(29-16-19-7-6-12-28-15-19)14-21-18-31-27-24(21)13-20(17-30-27)23-10-4-5-11-25(23)33-22-8-2-1-3-9-22/h1-13,15,17-18H,14,16H2,(H,29,32)(H,30,31). The summed E-state index contributed by atoms with van der Waals surface area (Å²) in [4.78, 5) is 24.4. The third-order valence-corrected chi connectivity index (χ3v) is 5.35. The zero-order valence-corrected chi connectivity index (χ0v) is 17.9. The van der Waals surface area contributed by atoms with Gasteiger partial charge in [0.1, 0.15) is 17.1 Å². The highest BCUT2D eigenvalue weighted by Gasteiger charge is 2.13. The Balaban J connectivity index is 1.38. The highest BCUT2D eigenvalue weighted by atomic mass is 16.5. The Morgan fingerprint density at radius 3 is 2.67 bits per heavy atom. The van der Waals surface area contributed by atoms with Gasteiger partial charge < -0.3 is 15.0 Å². The number of fused-ring (bicyclic) bond motifs is 1. The predicted molar refractivity (Wildman–Crippen MR) is 128 cm³/mol. The Morgan fingerprint density at radius 1 is 0.970 bits per heavy atom. The molecule has 2 N–H and O–H groups in total. The van der Waals surface area contributed by atoms with Crippen molar-refractivity contribution in [2.75, 3.05) is 0 Å². The maximum absolute atomic E-state index is 12.6. The van der Waals surface area contributed by atoms with Gasteiger partial charge in [0.05, 0.1) is 6.42 Å². The number of H-pyrrole nitrogens is 1. The molecular formula is C27H22N4O2. The molecule has 6 heteroatoms. The van der Waals surface area contributed by atoms with Crippen LogP contribution in [0.5, 0.6) is 11.5 Å². The minimum absolute atomic E-state index is 0.0574. The minimum Gasteiger partial charge on any atom is -0.457 e. The highest BCUT2D eigenvalue weighted by molar-refractivity contribution is 5.90. The molecule has 0 atom stereocenters. The molecule has 0 fully saturated rings.